The lowest BCUT2D eigenvalue weighted by molar-refractivity contribution is -0.131. The Hall–Kier alpha value is -4.43. The Morgan fingerprint density at radius 2 is 1.53 bits per heavy atom. The van der Waals surface area contributed by atoms with Crippen LogP contribution >= 0.6 is 0 Å². The van der Waals surface area contributed by atoms with E-state index in [1.54, 1.807) is 20.4 Å². The van der Waals surface area contributed by atoms with Crippen LogP contribution in [0.3, 0.4) is 0 Å². The summed E-state index contributed by atoms with van der Waals surface area (Å²) in [5.74, 6) is 0.811. The standard InChI is InChI=1S/C35H38N4O4/c1-42-31-21-28-25(14-17-36-30(28)22-32(31)43-2)20-24-10-12-27(13-11-24)37-33(40)35(15-16-35)34(41)38-29-9-5-4-8-26(29)23-39-18-6-3-7-19-39/h4-5,8-14,17,21-22H,3,6-7,15-16,18-20,23H2,1-2H3,(H,37,40)(H,38,41). The molecule has 43 heavy (non-hydrogen) atoms. The molecule has 1 aliphatic carbocycles. The van der Waals surface area contributed by atoms with Gasteiger partial charge in [-0.05, 0) is 92.2 Å². The highest BCUT2D eigenvalue weighted by atomic mass is 16.5. The number of methoxy groups -OCH3 is 2. The number of para-hydroxylation sites is 1. The summed E-state index contributed by atoms with van der Waals surface area (Å²) >= 11 is 0. The molecule has 0 radical (unpaired) electrons. The number of likely N-dealkylation sites (tertiary alicyclic amines) is 1. The van der Waals surface area contributed by atoms with Crippen molar-refractivity contribution in [2.75, 3.05) is 37.9 Å². The minimum absolute atomic E-state index is 0.232. The molecule has 0 atom stereocenters. The molecule has 1 aromatic heterocycles. The highest BCUT2D eigenvalue weighted by Crippen LogP contribution is 2.47. The van der Waals surface area contributed by atoms with Gasteiger partial charge in [-0.2, -0.15) is 0 Å². The van der Waals surface area contributed by atoms with E-state index < -0.39 is 5.41 Å². The van der Waals surface area contributed by atoms with Crippen molar-refractivity contribution < 1.29 is 19.1 Å². The zero-order valence-electron chi connectivity index (χ0n) is 24.8. The summed E-state index contributed by atoms with van der Waals surface area (Å²) < 4.78 is 10.9. The second-order valence-electron chi connectivity index (χ2n) is 11.6. The van der Waals surface area contributed by atoms with Crippen LogP contribution in [0.4, 0.5) is 11.4 Å². The number of carbonyl (C=O) groups is 2. The van der Waals surface area contributed by atoms with Crippen LogP contribution in [0.5, 0.6) is 11.5 Å². The minimum Gasteiger partial charge on any atom is -0.493 e. The van der Waals surface area contributed by atoms with Crippen molar-refractivity contribution in [1.29, 1.82) is 0 Å². The lowest BCUT2D eigenvalue weighted by Gasteiger charge is -2.27. The van der Waals surface area contributed by atoms with E-state index in [4.69, 9.17) is 9.47 Å². The molecule has 2 aliphatic rings. The second kappa shape index (κ2) is 12.4. The Bertz CT molecular complexity index is 1630. The summed E-state index contributed by atoms with van der Waals surface area (Å²) in [6.07, 6.45) is 7.27. The number of carbonyl (C=O) groups excluding carboxylic acids is 2. The van der Waals surface area contributed by atoms with Crippen LogP contribution in [0.15, 0.2) is 72.9 Å². The molecular formula is C35H38N4O4. The van der Waals surface area contributed by atoms with Crippen LogP contribution in [-0.4, -0.2) is 49.0 Å². The molecule has 222 valence electrons. The second-order valence-corrected chi connectivity index (χ2v) is 11.6. The molecule has 1 saturated heterocycles. The summed E-state index contributed by atoms with van der Waals surface area (Å²) in [6, 6.07) is 21.6. The molecule has 2 amide bonds. The number of ether oxygens (including phenoxy) is 2. The molecule has 6 rings (SSSR count). The lowest BCUT2D eigenvalue weighted by Crippen LogP contribution is -2.36. The number of benzene rings is 3. The van der Waals surface area contributed by atoms with Gasteiger partial charge in [0.15, 0.2) is 11.5 Å². The fourth-order valence-electron chi connectivity index (χ4n) is 5.92. The molecule has 1 saturated carbocycles. The van der Waals surface area contributed by atoms with Crippen LogP contribution in [0.25, 0.3) is 10.9 Å². The van der Waals surface area contributed by atoms with Crippen molar-refractivity contribution in [2.45, 2.75) is 45.1 Å². The van der Waals surface area contributed by atoms with Crippen molar-refractivity contribution in [1.82, 2.24) is 9.88 Å². The number of rotatable bonds is 10. The Kier molecular flexibility index (Phi) is 8.29. The number of hydrogen-bond donors (Lipinski definition) is 2. The normalized spacial score (nSPS) is 16.0. The highest BCUT2D eigenvalue weighted by Gasteiger charge is 2.56. The van der Waals surface area contributed by atoms with Crippen LogP contribution in [0.2, 0.25) is 0 Å². The van der Waals surface area contributed by atoms with Crippen molar-refractivity contribution >= 4 is 34.1 Å². The topological polar surface area (TPSA) is 92.8 Å². The fourth-order valence-corrected chi connectivity index (χ4v) is 5.92. The van der Waals surface area contributed by atoms with Crippen LogP contribution in [0, 0.1) is 5.41 Å². The van der Waals surface area contributed by atoms with Gasteiger partial charge in [0.2, 0.25) is 11.8 Å². The van der Waals surface area contributed by atoms with Gasteiger partial charge in [-0.3, -0.25) is 19.5 Å². The molecule has 4 aromatic rings. The van der Waals surface area contributed by atoms with Gasteiger partial charge in [-0.25, -0.2) is 0 Å². The first-order valence-corrected chi connectivity index (χ1v) is 15.0. The third kappa shape index (κ3) is 6.20. The van der Waals surface area contributed by atoms with E-state index in [1.165, 1.54) is 19.3 Å². The zero-order valence-corrected chi connectivity index (χ0v) is 24.8. The minimum atomic E-state index is -1.03. The number of aromatic nitrogens is 1. The maximum atomic E-state index is 13.4. The van der Waals surface area contributed by atoms with Gasteiger partial charge >= 0.3 is 0 Å². The summed E-state index contributed by atoms with van der Waals surface area (Å²) in [6.45, 7) is 2.96. The summed E-state index contributed by atoms with van der Waals surface area (Å²) in [7, 11) is 3.24. The number of pyridine rings is 1. The number of nitrogens with zero attached hydrogens (tertiary/aromatic N) is 2. The van der Waals surface area contributed by atoms with Crippen molar-refractivity contribution in [3.05, 3.63) is 89.6 Å². The fraction of sp³-hybridized carbons (Fsp3) is 0.343. The smallest absolute Gasteiger partial charge is 0.240 e. The first-order valence-electron chi connectivity index (χ1n) is 15.0. The highest BCUT2D eigenvalue weighted by molar-refractivity contribution is 6.17. The van der Waals surface area contributed by atoms with Gasteiger partial charge in [0.1, 0.15) is 5.41 Å². The maximum Gasteiger partial charge on any atom is 0.240 e. The number of fused-ring (bicyclic) bond motifs is 1. The SMILES string of the molecule is COc1cc2nccc(Cc3ccc(NC(=O)C4(C(=O)Nc5ccccc5CN5CCCCC5)CC4)cc3)c2cc1OC. The van der Waals surface area contributed by atoms with Crippen LogP contribution in [-0.2, 0) is 22.6 Å². The average molecular weight is 579 g/mol. The Morgan fingerprint density at radius 1 is 0.837 bits per heavy atom. The molecule has 8 heteroatoms. The van der Waals surface area contributed by atoms with Gasteiger partial charge in [-0.15, -0.1) is 0 Å². The van der Waals surface area contributed by atoms with E-state index >= 15 is 0 Å². The molecule has 0 spiro atoms. The number of anilines is 2. The largest absolute Gasteiger partial charge is 0.493 e. The van der Waals surface area contributed by atoms with E-state index in [2.05, 4.69) is 26.6 Å². The predicted octanol–water partition coefficient (Wildman–Crippen LogP) is 6.19. The molecule has 1 aliphatic heterocycles. The van der Waals surface area contributed by atoms with E-state index in [0.717, 1.165) is 52.9 Å². The summed E-state index contributed by atoms with van der Waals surface area (Å²) in [5, 5.41) is 7.08. The number of hydrogen-bond acceptors (Lipinski definition) is 6. The Labute approximate surface area is 252 Å². The molecule has 3 aromatic carbocycles. The van der Waals surface area contributed by atoms with Crippen molar-refractivity contribution in [2.24, 2.45) is 5.41 Å². The van der Waals surface area contributed by atoms with E-state index in [1.807, 2.05) is 60.7 Å². The molecule has 2 N–H and O–H groups in total. The number of piperidine rings is 1. The maximum absolute atomic E-state index is 13.4. The number of amides is 2. The van der Waals surface area contributed by atoms with E-state index in [9.17, 15) is 9.59 Å². The first-order chi connectivity index (χ1) is 21.0. The zero-order chi connectivity index (χ0) is 29.8. The summed E-state index contributed by atoms with van der Waals surface area (Å²) in [4.78, 5) is 33.7. The third-order valence-corrected chi connectivity index (χ3v) is 8.67. The van der Waals surface area contributed by atoms with Gasteiger partial charge < -0.3 is 20.1 Å². The van der Waals surface area contributed by atoms with Gasteiger partial charge in [-0.1, -0.05) is 36.8 Å². The molecule has 0 unspecified atom stereocenters. The predicted molar refractivity (Wildman–Crippen MR) is 169 cm³/mol. The van der Waals surface area contributed by atoms with Gasteiger partial charge in [0, 0.05) is 35.6 Å². The Morgan fingerprint density at radius 3 is 2.26 bits per heavy atom. The van der Waals surface area contributed by atoms with E-state index in [-0.39, 0.29) is 11.8 Å². The van der Waals surface area contributed by atoms with Crippen molar-refractivity contribution in [3.63, 3.8) is 0 Å². The van der Waals surface area contributed by atoms with Gasteiger partial charge in [0.05, 0.1) is 19.7 Å². The monoisotopic (exact) mass is 578 g/mol. The first kappa shape index (κ1) is 28.7. The quantitative estimate of drug-likeness (QED) is 0.218. The molecule has 2 fully saturated rings. The van der Waals surface area contributed by atoms with E-state index in [0.29, 0.717) is 36.4 Å². The lowest BCUT2D eigenvalue weighted by atomic mass is 10.0. The van der Waals surface area contributed by atoms with Crippen LogP contribution < -0.4 is 20.1 Å². The van der Waals surface area contributed by atoms with Crippen molar-refractivity contribution in [3.8, 4) is 11.5 Å². The summed E-state index contributed by atoms with van der Waals surface area (Å²) in [5.41, 5.74) is 4.55. The molecule has 0 bridgehead atoms. The average Bonchev–Trinajstić information content (AvgIpc) is 3.85. The molecule has 8 nitrogen and oxygen atoms in total. The number of nitrogens with one attached hydrogen (secondary N) is 2. The Balaban J connectivity index is 1.11. The molecule has 2 heterocycles. The van der Waals surface area contributed by atoms with Gasteiger partial charge in [0.25, 0.3) is 0 Å². The molecular weight excluding hydrogens is 540 g/mol. The van der Waals surface area contributed by atoms with Crippen LogP contribution in [0.1, 0.15) is 48.8 Å². The third-order valence-electron chi connectivity index (χ3n) is 8.67.